The lowest BCUT2D eigenvalue weighted by atomic mass is 9.94. The molecule has 3 aromatic rings. The molecule has 0 aliphatic rings. The molecular weight excluding hydrogens is 339 g/mol. The average Bonchev–Trinajstić information content (AvgIpc) is 2.61. The van der Waals surface area contributed by atoms with E-state index in [1.165, 1.54) is 17.8 Å². The number of nitrogens with zero attached hydrogens (tertiary/aromatic N) is 1. The zero-order valence-electron chi connectivity index (χ0n) is 15.8. The monoisotopic (exact) mass is 362 g/mol. The molecule has 1 amide bonds. The van der Waals surface area contributed by atoms with Crippen LogP contribution in [0.2, 0.25) is 0 Å². The van der Waals surface area contributed by atoms with Crippen LogP contribution in [0.1, 0.15) is 43.1 Å². The highest BCUT2D eigenvalue weighted by Crippen LogP contribution is 2.20. The van der Waals surface area contributed by atoms with E-state index >= 15 is 0 Å². The van der Waals surface area contributed by atoms with Gasteiger partial charge in [-0.1, -0.05) is 54.1 Å². The number of para-hydroxylation sites is 1. The van der Waals surface area contributed by atoms with Gasteiger partial charge in [0.15, 0.2) is 0 Å². The number of hydrogen-bond donors (Lipinski definition) is 1. The molecule has 0 aliphatic carbocycles. The fraction of sp³-hybridized carbons (Fsp3) is 0.217. The van der Waals surface area contributed by atoms with Crippen LogP contribution in [0, 0.1) is 5.82 Å². The van der Waals surface area contributed by atoms with Crippen molar-refractivity contribution in [3.05, 3.63) is 83.3 Å². The van der Waals surface area contributed by atoms with E-state index in [-0.39, 0.29) is 17.2 Å². The fourth-order valence-electron chi connectivity index (χ4n) is 3.25. The molecule has 1 heterocycles. The van der Waals surface area contributed by atoms with Crippen molar-refractivity contribution < 1.29 is 9.18 Å². The minimum Gasteiger partial charge on any atom is -0.347 e. The van der Waals surface area contributed by atoms with Crippen LogP contribution >= 0.6 is 0 Å². The molecule has 27 heavy (non-hydrogen) atoms. The number of aromatic nitrogens is 1. The minimum absolute atomic E-state index is 0.217. The van der Waals surface area contributed by atoms with E-state index in [9.17, 15) is 9.18 Å². The van der Waals surface area contributed by atoms with Crippen molar-refractivity contribution in [2.45, 2.75) is 32.7 Å². The SMILES string of the molecule is C/C(=C\c1ccccc1)CC(C)(C)NC(=O)c1cnc2c(F)cccc2c1. The molecule has 4 heteroatoms. The predicted octanol–water partition coefficient (Wildman–Crippen LogP) is 5.38. The fourth-order valence-corrected chi connectivity index (χ4v) is 3.25. The summed E-state index contributed by atoms with van der Waals surface area (Å²) in [5.74, 6) is -0.604. The Morgan fingerprint density at radius 1 is 1.15 bits per heavy atom. The standard InChI is InChI=1S/C23H23FN2O/c1-16(12-17-8-5-4-6-9-17)14-23(2,3)26-22(27)19-13-18-10-7-11-20(24)21(18)25-15-19/h4-13,15H,14H2,1-3H3,(H,26,27)/b16-12+. The van der Waals surface area contributed by atoms with Gasteiger partial charge in [0.2, 0.25) is 0 Å². The van der Waals surface area contributed by atoms with E-state index in [4.69, 9.17) is 0 Å². The first-order valence-electron chi connectivity index (χ1n) is 8.93. The van der Waals surface area contributed by atoms with Crippen LogP contribution in [0.25, 0.3) is 17.0 Å². The Kier molecular flexibility index (Phi) is 5.36. The zero-order valence-corrected chi connectivity index (χ0v) is 15.8. The largest absolute Gasteiger partial charge is 0.347 e. The summed E-state index contributed by atoms with van der Waals surface area (Å²) in [5, 5.41) is 3.67. The highest BCUT2D eigenvalue weighted by Gasteiger charge is 2.22. The van der Waals surface area contributed by atoms with Gasteiger partial charge in [-0.3, -0.25) is 9.78 Å². The first-order valence-corrected chi connectivity index (χ1v) is 8.93. The van der Waals surface area contributed by atoms with Gasteiger partial charge in [-0.05, 0) is 44.9 Å². The van der Waals surface area contributed by atoms with Crippen molar-refractivity contribution in [3.63, 3.8) is 0 Å². The van der Waals surface area contributed by atoms with Gasteiger partial charge in [0.1, 0.15) is 11.3 Å². The first-order chi connectivity index (χ1) is 12.8. The molecule has 1 aromatic heterocycles. The van der Waals surface area contributed by atoms with E-state index in [1.54, 1.807) is 18.2 Å². The molecule has 0 spiro atoms. The number of carbonyl (C=O) groups is 1. The lowest BCUT2D eigenvalue weighted by molar-refractivity contribution is 0.0913. The number of halogens is 1. The number of hydrogen-bond acceptors (Lipinski definition) is 2. The van der Waals surface area contributed by atoms with Crippen molar-refractivity contribution in [2.75, 3.05) is 0 Å². The van der Waals surface area contributed by atoms with Gasteiger partial charge in [0.05, 0.1) is 5.56 Å². The third-order valence-electron chi connectivity index (χ3n) is 4.31. The van der Waals surface area contributed by atoms with Crippen molar-refractivity contribution >= 4 is 22.9 Å². The second-order valence-corrected chi connectivity index (χ2v) is 7.45. The second-order valence-electron chi connectivity index (χ2n) is 7.45. The molecule has 1 N–H and O–H groups in total. The normalized spacial score (nSPS) is 12.2. The van der Waals surface area contributed by atoms with Crippen LogP contribution in [-0.2, 0) is 0 Å². The molecule has 2 aromatic carbocycles. The summed E-state index contributed by atoms with van der Waals surface area (Å²) in [6.45, 7) is 6.03. The Balaban J connectivity index is 1.73. The van der Waals surface area contributed by atoms with Gasteiger partial charge in [0.25, 0.3) is 5.91 Å². The van der Waals surface area contributed by atoms with Crippen molar-refractivity contribution in [1.29, 1.82) is 0 Å². The van der Waals surface area contributed by atoms with Crippen molar-refractivity contribution in [2.24, 2.45) is 0 Å². The summed E-state index contributed by atoms with van der Waals surface area (Å²) in [5.41, 5.74) is 2.58. The number of rotatable bonds is 5. The minimum atomic E-state index is -0.427. The topological polar surface area (TPSA) is 42.0 Å². The molecule has 0 fully saturated rings. The van der Waals surface area contributed by atoms with Crippen molar-refractivity contribution in [3.8, 4) is 0 Å². The molecular formula is C23H23FN2O. The molecule has 0 unspecified atom stereocenters. The van der Waals surface area contributed by atoms with Gasteiger partial charge in [-0.2, -0.15) is 0 Å². The predicted molar refractivity (Wildman–Crippen MR) is 108 cm³/mol. The maximum Gasteiger partial charge on any atom is 0.253 e. The number of nitrogens with one attached hydrogen (secondary N) is 1. The third kappa shape index (κ3) is 4.79. The Bertz CT molecular complexity index is 994. The molecule has 138 valence electrons. The summed E-state index contributed by atoms with van der Waals surface area (Å²) >= 11 is 0. The average molecular weight is 362 g/mol. The Morgan fingerprint density at radius 3 is 2.63 bits per heavy atom. The van der Waals surface area contributed by atoms with E-state index in [2.05, 4.69) is 35.4 Å². The van der Waals surface area contributed by atoms with Crippen LogP contribution in [0.3, 0.4) is 0 Å². The van der Waals surface area contributed by atoms with Gasteiger partial charge in [-0.25, -0.2) is 4.39 Å². The summed E-state index contributed by atoms with van der Waals surface area (Å²) in [4.78, 5) is 16.8. The number of benzene rings is 2. The third-order valence-corrected chi connectivity index (χ3v) is 4.31. The van der Waals surface area contributed by atoms with Gasteiger partial charge >= 0.3 is 0 Å². The Hall–Kier alpha value is -3.01. The summed E-state index contributed by atoms with van der Waals surface area (Å²) in [6, 6.07) is 16.5. The molecule has 3 rings (SSSR count). The summed E-state index contributed by atoms with van der Waals surface area (Å²) < 4.78 is 13.7. The van der Waals surface area contributed by atoms with Gasteiger partial charge < -0.3 is 5.32 Å². The van der Waals surface area contributed by atoms with Crippen LogP contribution < -0.4 is 5.32 Å². The summed E-state index contributed by atoms with van der Waals surface area (Å²) in [6.07, 6.45) is 4.25. The Labute approximate surface area is 158 Å². The van der Waals surface area contributed by atoms with Gasteiger partial charge in [-0.15, -0.1) is 0 Å². The molecule has 3 nitrogen and oxygen atoms in total. The highest BCUT2D eigenvalue weighted by atomic mass is 19.1. The van der Waals surface area contributed by atoms with Gasteiger partial charge in [0, 0.05) is 17.1 Å². The van der Waals surface area contributed by atoms with E-state index < -0.39 is 5.54 Å². The Morgan fingerprint density at radius 2 is 1.89 bits per heavy atom. The molecule has 0 radical (unpaired) electrons. The second kappa shape index (κ2) is 7.70. The summed E-state index contributed by atoms with van der Waals surface area (Å²) in [7, 11) is 0. The molecule has 0 bridgehead atoms. The van der Waals surface area contributed by atoms with E-state index in [0.29, 0.717) is 17.4 Å². The van der Waals surface area contributed by atoms with Crippen LogP contribution in [0.15, 0.2) is 66.4 Å². The number of pyridine rings is 1. The number of carbonyl (C=O) groups excluding carboxylic acids is 1. The lowest BCUT2D eigenvalue weighted by Gasteiger charge is -2.27. The van der Waals surface area contributed by atoms with E-state index in [0.717, 1.165) is 5.56 Å². The van der Waals surface area contributed by atoms with Crippen molar-refractivity contribution in [1.82, 2.24) is 10.3 Å². The quantitative estimate of drug-likeness (QED) is 0.662. The maximum absolute atomic E-state index is 13.7. The highest BCUT2D eigenvalue weighted by molar-refractivity contribution is 5.97. The smallest absolute Gasteiger partial charge is 0.253 e. The zero-order chi connectivity index (χ0) is 19.4. The molecule has 0 aliphatic heterocycles. The van der Waals surface area contributed by atoms with Crippen LogP contribution in [0.4, 0.5) is 4.39 Å². The maximum atomic E-state index is 13.7. The molecule has 0 saturated carbocycles. The molecule has 0 saturated heterocycles. The van der Waals surface area contributed by atoms with Crippen LogP contribution in [0.5, 0.6) is 0 Å². The first kappa shape index (κ1) is 18.8. The lowest BCUT2D eigenvalue weighted by Crippen LogP contribution is -2.43. The van der Waals surface area contributed by atoms with E-state index in [1.807, 2.05) is 32.0 Å². The molecule has 0 atom stereocenters. The number of amides is 1. The number of fused-ring (bicyclic) bond motifs is 1. The van der Waals surface area contributed by atoms with Crippen LogP contribution in [-0.4, -0.2) is 16.4 Å².